The van der Waals surface area contributed by atoms with Gasteiger partial charge in [-0.15, -0.1) is 0 Å². The Bertz CT molecular complexity index is 3610. The van der Waals surface area contributed by atoms with E-state index in [0.29, 0.717) is 17.5 Å². The molecule has 0 bridgehead atoms. The Balaban J connectivity index is 1.12. The predicted octanol–water partition coefficient (Wildman–Crippen LogP) is 13.0. The Morgan fingerprint density at radius 2 is 0.739 bits per heavy atom. The minimum atomic E-state index is -3.59. The summed E-state index contributed by atoms with van der Waals surface area (Å²) in [5.41, 5.74) is 11.8. The summed E-state index contributed by atoms with van der Waals surface area (Å²) in [5, 5.41) is 2.36. The van der Waals surface area contributed by atoms with E-state index in [-0.39, 0.29) is 0 Å². The quantitative estimate of drug-likeness (QED) is 0.128. The van der Waals surface area contributed by atoms with Gasteiger partial charge in [0.1, 0.15) is 0 Å². The number of para-hydroxylation sites is 1. The Labute approximate surface area is 405 Å². The molecule has 0 saturated heterocycles. The van der Waals surface area contributed by atoms with Crippen molar-refractivity contribution in [2.75, 3.05) is 0 Å². The van der Waals surface area contributed by atoms with Crippen molar-refractivity contribution in [3.8, 4) is 62.1 Å². The maximum absolute atomic E-state index is 5.38. The number of nitrogens with zero attached hydrogens (tertiary/aromatic N) is 4. The molecule has 5 heteroatoms. The smallest absolute Gasteiger partial charge is 0.0541 e. The van der Waals surface area contributed by atoms with Gasteiger partial charge in [0.25, 0.3) is 0 Å². The van der Waals surface area contributed by atoms with Crippen LogP contribution in [-0.2, 0) is 0 Å². The van der Waals surface area contributed by atoms with Crippen molar-refractivity contribution in [2.45, 2.75) is 6.92 Å². The fourth-order valence-corrected chi connectivity index (χ4v) is 20.2. The van der Waals surface area contributed by atoms with Gasteiger partial charge in [-0.1, -0.05) is 42.0 Å². The van der Waals surface area contributed by atoms with E-state index < -0.39 is 13.3 Å². The summed E-state index contributed by atoms with van der Waals surface area (Å²) in [4.78, 5) is 15.9. The van der Waals surface area contributed by atoms with Gasteiger partial charge in [-0.2, -0.15) is 0 Å². The molecule has 0 radical (unpaired) electrons. The molecule has 0 amide bonds. The van der Waals surface area contributed by atoms with Crippen LogP contribution < -0.4 is 17.6 Å². The molecule has 2 heterocycles. The molecule has 69 heavy (non-hydrogen) atoms. The van der Waals surface area contributed by atoms with E-state index in [0.717, 1.165) is 44.5 Å². The number of benzene rings is 10. The van der Waals surface area contributed by atoms with Crippen LogP contribution >= 0.6 is 0 Å². The number of aryl methyl sites for hydroxylation is 1. The molecule has 0 aliphatic carbocycles. The Morgan fingerprint density at radius 1 is 0.304 bits per heavy atom. The summed E-state index contributed by atoms with van der Waals surface area (Å²) in [6, 6.07) is 94.5. The second-order valence-electron chi connectivity index (χ2n) is 17.6. The predicted molar refractivity (Wildman–Crippen MR) is 290 cm³/mol. The molecule has 10 aromatic carbocycles. The van der Waals surface area contributed by atoms with E-state index in [2.05, 4.69) is 236 Å². The van der Waals surface area contributed by atoms with Gasteiger partial charge in [-0.3, -0.25) is 0 Å². The van der Waals surface area contributed by atoms with E-state index in [1.807, 2.05) is 36.4 Å². The van der Waals surface area contributed by atoms with Gasteiger partial charge in [0, 0.05) is 0 Å². The normalized spacial score (nSPS) is 11.6. The first-order valence-electron chi connectivity index (χ1n) is 23.5. The Kier molecular flexibility index (Phi) is 10.9. The summed E-state index contributed by atoms with van der Waals surface area (Å²) < 4.78 is 7.89. The average molecular weight is 944 g/mol. The minimum absolute atomic E-state index is 0.600. The van der Waals surface area contributed by atoms with E-state index in [1.54, 1.807) is 0 Å². The minimum Gasteiger partial charge on any atom is -0.0587 e. The third-order valence-electron chi connectivity index (χ3n) is 13.5. The molecule has 12 aromatic rings. The first-order valence-corrected chi connectivity index (χ1v) is 27.7. The molecule has 326 valence electrons. The third kappa shape index (κ3) is 7.65. The van der Waals surface area contributed by atoms with E-state index >= 15 is 0 Å². The number of fused-ring (bicyclic) bond motifs is 3. The second kappa shape index (κ2) is 18.0. The van der Waals surface area contributed by atoms with Gasteiger partial charge >= 0.3 is 353 Å². The van der Waals surface area contributed by atoms with Crippen LogP contribution in [-0.4, -0.2) is 32.8 Å². The molecule has 12 rings (SSSR count). The summed E-state index contributed by atoms with van der Waals surface area (Å²) in [6.45, 7) is 2.13. The fraction of sp³-hybridized carbons (Fsp3) is 0.0156. The fourth-order valence-electron chi connectivity index (χ4n) is 10.2. The first-order chi connectivity index (χ1) is 34.1. The van der Waals surface area contributed by atoms with Crippen LogP contribution in [0, 0.1) is 6.92 Å². The monoisotopic (exact) mass is 944 g/mol. The molecule has 2 aromatic heterocycles. The van der Waals surface area contributed by atoms with Gasteiger partial charge in [0.15, 0.2) is 0 Å². The van der Waals surface area contributed by atoms with Crippen molar-refractivity contribution >= 4 is 52.7 Å². The number of hydrogen-bond acceptors (Lipinski definition) is 3. The van der Waals surface area contributed by atoms with Crippen molar-refractivity contribution in [1.29, 1.82) is 0 Å². The van der Waals surface area contributed by atoms with Crippen molar-refractivity contribution in [2.24, 2.45) is 0 Å². The van der Waals surface area contributed by atoms with E-state index in [4.69, 9.17) is 15.0 Å². The molecule has 0 fully saturated rings. The van der Waals surface area contributed by atoms with Crippen LogP contribution in [0.25, 0.3) is 83.9 Å². The van der Waals surface area contributed by atoms with Crippen LogP contribution in [0.3, 0.4) is 0 Å². The Morgan fingerprint density at radius 3 is 1.33 bits per heavy atom. The largest absolute Gasteiger partial charge is 0.0587 e. The van der Waals surface area contributed by atoms with Gasteiger partial charge in [0.2, 0.25) is 0 Å². The third-order valence-corrected chi connectivity index (χ3v) is 23.5. The van der Waals surface area contributed by atoms with Gasteiger partial charge in [0.05, 0.1) is 0 Å². The SMILES string of the molecule is Cc1ccc(-c2ccc3c(c2)c2ccccc2n3-c2ccc(-c3ccc[c]([Ge]([c]4ccccc4)([c]4ccccc4)[c]4ccccc4)c3)cc2-c2nc(-c3ccccc3)nc(-c3ccccc3)n2)cc1. The summed E-state index contributed by atoms with van der Waals surface area (Å²) in [5.74, 6) is 1.84. The van der Waals surface area contributed by atoms with Gasteiger partial charge in [-0.25, -0.2) is 0 Å². The summed E-state index contributed by atoms with van der Waals surface area (Å²) in [7, 11) is 0. The van der Waals surface area contributed by atoms with Crippen molar-refractivity contribution in [3.63, 3.8) is 0 Å². The number of hydrogen-bond donors (Lipinski definition) is 0. The van der Waals surface area contributed by atoms with Crippen molar-refractivity contribution in [3.05, 3.63) is 266 Å². The number of rotatable bonds is 10. The Hall–Kier alpha value is -8.45. The zero-order valence-corrected chi connectivity index (χ0v) is 40.2. The van der Waals surface area contributed by atoms with Gasteiger partial charge < -0.3 is 0 Å². The van der Waals surface area contributed by atoms with Gasteiger partial charge in [-0.05, 0) is 12.5 Å². The first kappa shape index (κ1) is 41.9. The number of aromatic nitrogens is 4. The van der Waals surface area contributed by atoms with Crippen LogP contribution in [0.15, 0.2) is 261 Å². The standard InChI is InChI=1S/C64H46GeN4/c1-45-34-36-46(37-35-45)50-38-40-60-57(43-50)56-32-17-18-33-59(56)69(60)61-41-39-51(44-58(61)64-67-62(47-20-7-2-8-21-47)66-63(68-64)48-22-9-3-10-23-48)49-24-19-31-55(42-49)65(52-25-11-4-12-26-52,53-27-13-5-14-28-53)54-29-15-6-16-30-54/h2-44H,1H3. The average Bonchev–Trinajstić information content (AvgIpc) is 3.76. The molecule has 0 atom stereocenters. The molecule has 0 N–H and O–H groups in total. The van der Waals surface area contributed by atoms with Crippen molar-refractivity contribution < 1.29 is 0 Å². The van der Waals surface area contributed by atoms with E-state index in [1.165, 1.54) is 45.0 Å². The van der Waals surface area contributed by atoms with Crippen LogP contribution in [0.5, 0.6) is 0 Å². The summed E-state index contributed by atoms with van der Waals surface area (Å²) >= 11 is -3.59. The molecule has 0 aliphatic heterocycles. The maximum atomic E-state index is 5.38. The molecular weight excluding hydrogens is 897 g/mol. The molecule has 0 unspecified atom stereocenters. The molecule has 4 nitrogen and oxygen atoms in total. The topological polar surface area (TPSA) is 43.6 Å². The zero-order valence-electron chi connectivity index (χ0n) is 38.1. The van der Waals surface area contributed by atoms with Crippen molar-refractivity contribution in [1.82, 2.24) is 19.5 Å². The molecule has 0 aliphatic rings. The van der Waals surface area contributed by atoms with Crippen LogP contribution in [0.1, 0.15) is 5.56 Å². The molecule has 0 saturated carbocycles. The van der Waals surface area contributed by atoms with Crippen LogP contribution in [0.2, 0.25) is 0 Å². The maximum Gasteiger partial charge on any atom is -0.0541 e. The van der Waals surface area contributed by atoms with E-state index in [9.17, 15) is 0 Å². The second-order valence-corrected chi connectivity index (χ2v) is 25.6. The zero-order chi connectivity index (χ0) is 46.2. The molecular formula is C64H46GeN4. The van der Waals surface area contributed by atoms with Crippen LogP contribution in [0.4, 0.5) is 0 Å². The summed E-state index contributed by atoms with van der Waals surface area (Å²) in [6.07, 6.45) is 0. The molecule has 0 spiro atoms.